The second-order valence-electron chi connectivity index (χ2n) is 4.51. The van der Waals surface area contributed by atoms with E-state index in [1.165, 1.54) is 25.7 Å². The Bertz CT molecular complexity index is 369. The summed E-state index contributed by atoms with van der Waals surface area (Å²) in [6.07, 6.45) is 9.88. The fraction of sp³-hybridized carbons (Fsp3) is 0.667. The molecule has 0 spiro atoms. The number of aromatic nitrogens is 2. The number of hydrogen-bond acceptors (Lipinski definition) is 1. The monoisotopic (exact) mass is 216 g/mol. The maximum atomic E-state index is 5.91. The van der Waals surface area contributed by atoms with Gasteiger partial charge in [0.25, 0.3) is 5.82 Å². The Labute approximate surface area is 98.6 Å². The summed E-state index contributed by atoms with van der Waals surface area (Å²) in [5.74, 6) is 1.02. The molecular weight excluding hydrogens is 197 g/mol. The summed E-state index contributed by atoms with van der Waals surface area (Å²) in [6, 6.07) is 0.518. The van der Waals surface area contributed by atoms with E-state index in [1.807, 2.05) is 24.0 Å². The molecule has 1 aliphatic carbocycles. The normalized spacial score (nSPS) is 18.2. The first-order chi connectivity index (χ1) is 7.72. The third kappa shape index (κ3) is 2.20. The van der Waals surface area contributed by atoms with Crippen LogP contribution >= 0.6 is 0 Å². The molecule has 1 aromatic rings. The van der Waals surface area contributed by atoms with Crippen LogP contribution in [0.15, 0.2) is 17.4 Å². The standard InChI is InChI=1S/C12H19BN3/c1-3-11(14-10-6-4-5-7-10)12-15(2)8-9-16(12)13/h8-10H,3-7H2,1-2H3/q+1. The van der Waals surface area contributed by atoms with Gasteiger partial charge in [-0.25, -0.2) is 4.57 Å². The van der Waals surface area contributed by atoms with Gasteiger partial charge in [-0.05, 0) is 19.3 Å². The van der Waals surface area contributed by atoms with Crippen molar-refractivity contribution in [2.45, 2.75) is 45.1 Å². The predicted molar refractivity (Wildman–Crippen MR) is 65.8 cm³/mol. The van der Waals surface area contributed by atoms with Gasteiger partial charge in [0.15, 0.2) is 0 Å². The maximum absolute atomic E-state index is 5.91. The Morgan fingerprint density at radius 3 is 2.75 bits per heavy atom. The minimum Gasteiger partial charge on any atom is -0.298 e. The molecule has 84 valence electrons. The average molecular weight is 216 g/mol. The molecule has 2 rings (SSSR count). The van der Waals surface area contributed by atoms with Crippen molar-refractivity contribution in [2.24, 2.45) is 12.0 Å². The lowest BCUT2D eigenvalue weighted by atomic mass is 10.2. The molecule has 1 aromatic heterocycles. The van der Waals surface area contributed by atoms with Crippen LogP contribution in [0.4, 0.5) is 0 Å². The first-order valence-corrected chi connectivity index (χ1v) is 6.11. The van der Waals surface area contributed by atoms with Crippen molar-refractivity contribution in [2.75, 3.05) is 0 Å². The Balaban J connectivity index is 2.28. The van der Waals surface area contributed by atoms with Gasteiger partial charge in [0.2, 0.25) is 0 Å². The largest absolute Gasteiger partial charge is 0.409 e. The van der Waals surface area contributed by atoms with Gasteiger partial charge in [-0.1, -0.05) is 19.8 Å². The van der Waals surface area contributed by atoms with Crippen LogP contribution in [-0.2, 0) is 7.05 Å². The van der Waals surface area contributed by atoms with Crippen LogP contribution < -0.4 is 4.48 Å². The maximum Gasteiger partial charge on any atom is 0.409 e. The molecule has 0 saturated heterocycles. The van der Waals surface area contributed by atoms with Crippen LogP contribution in [-0.4, -0.2) is 24.3 Å². The summed E-state index contributed by atoms with van der Waals surface area (Å²) < 4.78 is 3.70. The SMILES string of the molecule is [B][n+]1ccn(C)c1C(CC)=NC1CCCC1. The highest BCUT2D eigenvalue weighted by atomic mass is 15.1. The highest BCUT2D eigenvalue weighted by molar-refractivity contribution is 6.01. The molecule has 4 heteroatoms. The molecule has 2 radical (unpaired) electrons. The predicted octanol–water partition coefficient (Wildman–Crippen LogP) is 1.39. The van der Waals surface area contributed by atoms with Gasteiger partial charge >= 0.3 is 7.98 Å². The van der Waals surface area contributed by atoms with Gasteiger partial charge in [0, 0.05) is 0 Å². The zero-order chi connectivity index (χ0) is 11.5. The molecule has 0 atom stereocenters. The molecule has 0 bridgehead atoms. The molecule has 3 nitrogen and oxygen atoms in total. The quantitative estimate of drug-likeness (QED) is 0.537. The van der Waals surface area contributed by atoms with E-state index in [2.05, 4.69) is 6.92 Å². The van der Waals surface area contributed by atoms with Crippen LogP contribution in [0.3, 0.4) is 0 Å². The second-order valence-corrected chi connectivity index (χ2v) is 4.51. The minimum absolute atomic E-state index is 0.518. The van der Waals surface area contributed by atoms with Crippen LogP contribution in [0, 0.1) is 0 Å². The second kappa shape index (κ2) is 4.85. The number of rotatable bonds is 3. The topological polar surface area (TPSA) is 21.2 Å². The summed E-state index contributed by atoms with van der Waals surface area (Å²) in [6.45, 7) is 2.14. The summed E-state index contributed by atoms with van der Waals surface area (Å²) in [5, 5.41) is 0. The molecule has 1 heterocycles. The van der Waals surface area contributed by atoms with Crippen molar-refractivity contribution in [3.63, 3.8) is 0 Å². The summed E-state index contributed by atoms with van der Waals surface area (Å²) in [4.78, 5) is 4.85. The van der Waals surface area contributed by atoms with E-state index in [0.29, 0.717) is 6.04 Å². The van der Waals surface area contributed by atoms with Crippen LogP contribution in [0.2, 0.25) is 0 Å². The fourth-order valence-corrected chi connectivity index (χ4v) is 2.41. The lowest BCUT2D eigenvalue weighted by Crippen LogP contribution is -2.38. The van der Waals surface area contributed by atoms with Crippen molar-refractivity contribution < 1.29 is 4.48 Å². The van der Waals surface area contributed by atoms with Crippen molar-refractivity contribution in [1.29, 1.82) is 0 Å². The highest BCUT2D eigenvalue weighted by Crippen LogP contribution is 2.21. The lowest BCUT2D eigenvalue weighted by molar-refractivity contribution is -0.522. The van der Waals surface area contributed by atoms with Crippen LogP contribution in [0.25, 0.3) is 0 Å². The summed E-state index contributed by atoms with van der Waals surface area (Å²) >= 11 is 0. The number of hydrogen-bond donors (Lipinski definition) is 0. The highest BCUT2D eigenvalue weighted by Gasteiger charge is 2.20. The molecule has 0 amide bonds. The third-order valence-corrected chi connectivity index (χ3v) is 3.29. The number of nitrogens with zero attached hydrogens (tertiary/aromatic N) is 3. The number of aliphatic imine (C=N–C) groups is 1. The van der Waals surface area contributed by atoms with Crippen LogP contribution in [0.5, 0.6) is 0 Å². The van der Waals surface area contributed by atoms with Crippen molar-refractivity contribution in [3.8, 4) is 0 Å². The molecule has 1 fully saturated rings. The van der Waals surface area contributed by atoms with Crippen LogP contribution in [0.1, 0.15) is 44.9 Å². The van der Waals surface area contributed by atoms with Gasteiger partial charge in [-0.2, -0.15) is 0 Å². The summed E-state index contributed by atoms with van der Waals surface area (Å²) in [5.41, 5.74) is 1.13. The smallest absolute Gasteiger partial charge is 0.298 e. The van der Waals surface area contributed by atoms with Gasteiger partial charge in [-0.15, -0.1) is 0 Å². The van der Waals surface area contributed by atoms with Gasteiger partial charge < -0.3 is 0 Å². The van der Waals surface area contributed by atoms with E-state index < -0.39 is 0 Å². The molecule has 0 unspecified atom stereocenters. The first-order valence-electron chi connectivity index (χ1n) is 6.11. The summed E-state index contributed by atoms with van der Waals surface area (Å²) in [7, 11) is 7.92. The van der Waals surface area contributed by atoms with E-state index >= 15 is 0 Å². The molecule has 16 heavy (non-hydrogen) atoms. The van der Waals surface area contributed by atoms with E-state index in [1.54, 1.807) is 4.48 Å². The van der Waals surface area contributed by atoms with Gasteiger partial charge in [0.1, 0.15) is 18.1 Å². The van der Waals surface area contributed by atoms with Gasteiger partial charge in [-0.3, -0.25) is 9.47 Å². The molecule has 0 aromatic carbocycles. The first kappa shape index (κ1) is 11.4. The average Bonchev–Trinajstić information content (AvgIpc) is 2.87. The number of imidazole rings is 1. The lowest BCUT2D eigenvalue weighted by Gasteiger charge is -2.06. The van der Waals surface area contributed by atoms with Crippen molar-refractivity contribution in [3.05, 3.63) is 18.2 Å². The fourth-order valence-electron chi connectivity index (χ4n) is 2.41. The molecule has 1 saturated carbocycles. The Morgan fingerprint density at radius 1 is 1.56 bits per heavy atom. The zero-order valence-corrected chi connectivity index (χ0v) is 10.2. The minimum atomic E-state index is 0.518. The van der Waals surface area contributed by atoms with Crippen molar-refractivity contribution in [1.82, 2.24) is 4.57 Å². The molecule has 0 aliphatic heterocycles. The zero-order valence-electron chi connectivity index (χ0n) is 10.2. The molecule has 0 N–H and O–H groups in total. The van der Waals surface area contributed by atoms with Gasteiger partial charge in [0.05, 0.1) is 13.1 Å². The van der Waals surface area contributed by atoms with Crippen molar-refractivity contribution >= 4 is 13.7 Å². The number of aryl methyl sites for hydroxylation is 1. The van der Waals surface area contributed by atoms with E-state index in [-0.39, 0.29) is 0 Å². The molecular formula is C12H19BN3+. The van der Waals surface area contributed by atoms with E-state index in [4.69, 9.17) is 13.0 Å². The van der Waals surface area contributed by atoms with E-state index in [0.717, 1.165) is 18.0 Å². The molecule has 1 aliphatic rings. The Kier molecular flexibility index (Phi) is 3.47. The third-order valence-electron chi connectivity index (χ3n) is 3.29. The van der Waals surface area contributed by atoms with E-state index in [9.17, 15) is 0 Å². The Hall–Kier alpha value is -1.06. The Morgan fingerprint density at radius 2 is 2.25 bits per heavy atom.